The van der Waals surface area contributed by atoms with Gasteiger partial charge in [0.25, 0.3) is 0 Å². The summed E-state index contributed by atoms with van der Waals surface area (Å²) in [6.07, 6.45) is 8.49. The maximum atomic E-state index is 15.3. The van der Waals surface area contributed by atoms with Crippen molar-refractivity contribution in [2.75, 3.05) is 24.8 Å². The molecule has 13 heteroatoms. The predicted octanol–water partition coefficient (Wildman–Crippen LogP) is 4.62. The Morgan fingerprint density at radius 2 is 1.84 bits per heavy atom. The van der Waals surface area contributed by atoms with Gasteiger partial charge in [0, 0.05) is 43.5 Å². The molecule has 4 heterocycles. The van der Waals surface area contributed by atoms with Crippen LogP contribution in [0.25, 0.3) is 16.8 Å². The molecule has 0 spiro atoms. The molecule has 1 aromatic carbocycles. The average molecular weight is 613 g/mol. The fraction of sp³-hybridized carbons (Fsp3) is 0.433. The van der Waals surface area contributed by atoms with Crippen LogP contribution in [0.4, 0.5) is 20.4 Å². The van der Waals surface area contributed by atoms with Crippen molar-refractivity contribution in [1.82, 2.24) is 19.6 Å². The van der Waals surface area contributed by atoms with Gasteiger partial charge in [-0.3, -0.25) is 4.98 Å². The number of pyridine rings is 1. The van der Waals surface area contributed by atoms with Crippen molar-refractivity contribution in [1.29, 1.82) is 0 Å². The largest absolute Gasteiger partial charge is 0.490 e. The van der Waals surface area contributed by atoms with Gasteiger partial charge < -0.3 is 20.5 Å². The highest BCUT2D eigenvalue weighted by Crippen LogP contribution is 2.41. The number of fused-ring (bicyclic) bond motifs is 1. The molecule has 0 bridgehead atoms. The summed E-state index contributed by atoms with van der Waals surface area (Å²) in [5, 5.41) is 7.20. The highest BCUT2D eigenvalue weighted by atomic mass is 32.2. The quantitative estimate of drug-likeness (QED) is 0.307. The number of aromatic nitrogens is 4. The van der Waals surface area contributed by atoms with E-state index in [2.05, 4.69) is 20.4 Å². The van der Waals surface area contributed by atoms with Crippen LogP contribution in [0, 0.1) is 17.6 Å². The number of rotatable bonds is 7. The lowest BCUT2D eigenvalue weighted by molar-refractivity contribution is 0.0253. The van der Waals surface area contributed by atoms with Crippen molar-refractivity contribution in [2.24, 2.45) is 11.7 Å². The van der Waals surface area contributed by atoms with E-state index in [9.17, 15) is 8.42 Å². The van der Waals surface area contributed by atoms with Crippen LogP contribution < -0.4 is 15.8 Å². The minimum Gasteiger partial charge on any atom is -0.490 e. The second-order valence-electron chi connectivity index (χ2n) is 11.5. The Morgan fingerprint density at radius 1 is 1.09 bits per heavy atom. The average Bonchev–Trinajstić information content (AvgIpc) is 3.34. The van der Waals surface area contributed by atoms with Gasteiger partial charge in [-0.2, -0.15) is 9.61 Å². The molecular weight excluding hydrogens is 578 g/mol. The van der Waals surface area contributed by atoms with Crippen LogP contribution in [-0.2, 0) is 14.6 Å². The molecular formula is C30H34F2N6O4S. The van der Waals surface area contributed by atoms with Gasteiger partial charge in [0.05, 0.1) is 53.3 Å². The first kappa shape index (κ1) is 29.4. The topological polar surface area (TPSA) is 134 Å². The molecule has 4 aromatic rings. The Balaban J connectivity index is 1.27. The van der Waals surface area contributed by atoms with Crippen molar-refractivity contribution >= 4 is 27.0 Å². The molecule has 1 saturated carbocycles. The van der Waals surface area contributed by atoms with Gasteiger partial charge in [-0.1, -0.05) is 6.92 Å². The van der Waals surface area contributed by atoms with Crippen molar-refractivity contribution < 1.29 is 26.7 Å². The number of nitrogens with zero attached hydrogens (tertiary/aromatic N) is 4. The minimum absolute atomic E-state index is 0.00620. The fourth-order valence-electron chi connectivity index (χ4n) is 6.49. The van der Waals surface area contributed by atoms with Crippen LogP contribution in [0.3, 0.4) is 0 Å². The van der Waals surface area contributed by atoms with Crippen LogP contribution in [0.15, 0.2) is 48.9 Å². The molecule has 3 aromatic heterocycles. The van der Waals surface area contributed by atoms with Crippen LogP contribution in [0.5, 0.6) is 5.75 Å². The van der Waals surface area contributed by atoms with Crippen molar-refractivity contribution in [3.63, 3.8) is 0 Å². The van der Waals surface area contributed by atoms with Gasteiger partial charge in [-0.05, 0) is 48.4 Å². The molecule has 2 fully saturated rings. The predicted molar refractivity (Wildman–Crippen MR) is 158 cm³/mol. The summed E-state index contributed by atoms with van der Waals surface area (Å²) in [5.74, 6) is -1.25. The van der Waals surface area contributed by atoms with Gasteiger partial charge >= 0.3 is 0 Å². The number of benzene rings is 1. The number of ether oxygens (including phenoxy) is 2. The molecule has 0 unspecified atom stereocenters. The molecule has 0 radical (unpaired) electrons. The van der Waals surface area contributed by atoms with Crippen molar-refractivity contribution in [2.45, 2.75) is 55.9 Å². The number of sulfone groups is 1. The van der Waals surface area contributed by atoms with Gasteiger partial charge in [0.15, 0.2) is 9.84 Å². The maximum Gasteiger partial charge on any atom is 0.229 e. The van der Waals surface area contributed by atoms with Crippen molar-refractivity contribution in [3.05, 3.63) is 66.1 Å². The zero-order valence-corrected chi connectivity index (χ0v) is 24.7. The second-order valence-corrected chi connectivity index (χ2v) is 13.7. The first-order valence-electron chi connectivity index (χ1n) is 14.3. The number of hydrogen-bond acceptors (Lipinski definition) is 9. The molecule has 1 saturated heterocycles. The summed E-state index contributed by atoms with van der Waals surface area (Å²) in [6.45, 7) is 3.02. The van der Waals surface area contributed by atoms with Gasteiger partial charge in [-0.25, -0.2) is 22.2 Å². The SMILES string of the molecule is C[C@H]1C[C@@H](c2ccncc2Nc2ncc3ccc(-c4c(F)cc(OC5CCOCC5)cc4F)nn23)C[C@@H](N)[C@@H]1S(C)(=O)=O. The smallest absolute Gasteiger partial charge is 0.229 e. The molecule has 2 aliphatic rings. The van der Waals surface area contributed by atoms with Crippen molar-refractivity contribution in [3.8, 4) is 17.0 Å². The Kier molecular flexibility index (Phi) is 8.05. The molecule has 228 valence electrons. The van der Waals surface area contributed by atoms with Crippen LogP contribution >= 0.6 is 0 Å². The van der Waals surface area contributed by atoms with E-state index in [0.717, 1.165) is 5.56 Å². The number of halogens is 2. The van der Waals surface area contributed by atoms with Crippen LogP contribution in [0.1, 0.15) is 44.1 Å². The van der Waals surface area contributed by atoms with E-state index in [4.69, 9.17) is 15.2 Å². The normalized spacial score (nSPS) is 23.4. The zero-order valence-electron chi connectivity index (χ0n) is 23.9. The number of nitrogens with one attached hydrogen (secondary N) is 1. The summed E-state index contributed by atoms with van der Waals surface area (Å²) < 4.78 is 67.8. The third kappa shape index (κ3) is 6.06. The first-order chi connectivity index (χ1) is 20.6. The maximum absolute atomic E-state index is 15.3. The summed E-state index contributed by atoms with van der Waals surface area (Å²) in [4.78, 5) is 8.72. The number of nitrogens with two attached hydrogens (primary N) is 1. The molecule has 1 aliphatic heterocycles. The highest BCUT2D eigenvalue weighted by molar-refractivity contribution is 7.91. The second kappa shape index (κ2) is 11.8. The molecule has 1 aliphatic carbocycles. The lowest BCUT2D eigenvalue weighted by Gasteiger charge is -2.38. The van der Waals surface area contributed by atoms with Crippen LogP contribution in [-0.4, -0.2) is 64.9 Å². The van der Waals surface area contributed by atoms with Gasteiger partial charge in [-0.15, -0.1) is 0 Å². The van der Waals surface area contributed by atoms with Gasteiger partial charge in [0.1, 0.15) is 23.5 Å². The van der Waals surface area contributed by atoms with E-state index in [1.165, 1.54) is 22.9 Å². The van der Waals surface area contributed by atoms with E-state index in [1.807, 2.05) is 13.0 Å². The molecule has 10 nitrogen and oxygen atoms in total. The van der Waals surface area contributed by atoms with E-state index >= 15 is 8.78 Å². The summed E-state index contributed by atoms with van der Waals surface area (Å²) >= 11 is 0. The zero-order chi connectivity index (χ0) is 30.3. The molecule has 43 heavy (non-hydrogen) atoms. The Hall–Kier alpha value is -3.68. The van der Waals surface area contributed by atoms with E-state index in [-0.39, 0.29) is 34.9 Å². The Morgan fingerprint density at radius 3 is 2.53 bits per heavy atom. The summed E-state index contributed by atoms with van der Waals surface area (Å²) in [6, 6.07) is 6.97. The summed E-state index contributed by atoms with van der Waals surface area (Å²) in [7, 11) is -3.29. The molecule has 4 atom stereocenters. The summed E-state index contributed by atoms with van der Waals surface area (Å²) in [5.41, 5.74) is 8.40. The standard InChI is InChI=1S/C30H34F2N6O4S/c1-17-11-18(12-25(33)29(17)43(2,39)40)22-5-8-34-16-27(22)36-30-35-15-19-3-4-26(37-38(19)30)28-23(31)13-21(14-24(28)32)42-20-6-9-41-10-7-20/h3-5,8,13-18,20,25,29H,6-7,9-12,33H2,1-2H3,(H,35,36)/t17-,18+,25+,29+/m0/s1. The number of imidazole rings is 1. The highest BCUT2D eigenvalue weighted by Gasteiger charge is 2.40. The monoisotopic (exact) mass is 612 g/mol. The molecule has 6 rings (SSSR count). The lowest BCUT2D eigenvalue weighted by atomic mass is 9.76. The minimum atomic E-state index is -3.29. The molecule has 3 N–H and O–H groups in total. The molecule has 0 amide bonds. The third-order valence-corrected chi connectivity index (χ3v) is 10.2. The fourth-order valence-corrected chi connectivity index (χ4v) is 8.20. The first-order valence-corrected chi connectivity index (χ1v) is 16.3. The number of hydrogen-bond donors (Lipinski definition) is 2. The number of anilines is 2. The van der Waals surface area contributed by atoms with Crippen LogP contribution in [0.2, 0.25) is 0 Å². The third-order valence-electron chi connectivity index (χ3n) is 8.36. The van der Waals surface area contributed by atoms with E-state index in [1.54, 1.807) is 30.7 Å². The Labute approximate surface area is 248 Å². The van der Waals surface area contributed by atoms with E-state index < -0.39 is 32.8 Å². The van der Waals surface area contributed by atoms with Gasteiger partial charge in [0.2, 0.25) is 5.95 Å². The van der Waals surface area contributed by atoms with E-state index in [0.29, 0.717) is 56.0 Å². The lowest BCUT2D eigenvalue weighted by Crippen LogP contribution is -2.48. The Bertz CT molecular complexity index is 1710.